The molecule has 1 saturated carbocycles. The van der Waals surface area contributed by atoms with Gasteiger partial charge in [0, 0.05) is 13.6 Å². The second-order valence-electron chi connectivity index (χ2n) is 3.91. The average Bonchev–Trinajstić information content (AvgIpc) is 2.13. The predicted molar refractivity (Wildman–Crippen MR) is 53.7 cm³/mol. The van der Waals surface area contributed by atoms with E-state index in [2.05, 4.69) is 29.0 Å². The zero-order valence-electron chi connectivity index (χ0n) is 6.94. The third kappa shape index (κ3) is 2.75. The van der Waals surface area contributed by atoms with E-state index in [9.17, 15) is 0 Å². The van der Waals surface area contributed by atoms with Gasteiger partial charge in [0.15, 0.2) is 0 Å². The van der Waals surface area contributed by atoms with Crippen LogP contribution in [0.3, 0.4) is 0 Å². The van der Waals surface area contributed by atoms with Gasteiger partial charge in [0.2, 0.25) is 0 Å². The summed E-state index contributed by atoms with van der Waals surface area (Å²) in [5.41, 5.74) is 0. The molecule has 2 heteroatoms. The van der Waals surface area contributed by atoms with Gasteiger partial charge in [-0.15, -0.1) is 0 Å². The van der Waals surface area contributed by atoms with Crippen LogP contribution in [0.1, 0.15) is 19.3 Å². The molecule has 0 amide bonds. The highest BCUT2D eigenvalue weighted by molar-refractivity contribution is 9.09. The van der Waals surface area contributed by atoms with Crippen molar-refractivity contribution >= 4 is 24.7 Å². The number of alkyl halides is 1. The van der Waals surface area contributed by atoms with Gasteiger partial charge in [-0.25, -0.2) is 0 Å². The van der Waals surface area contributed by atoms with Crippen molar-refractivity contribution in [2.75, 3.05) is 0 Å². The quantitative estimate of drug-likeness (QED) is 0.496. The maximum absolute atomic E-state index is 3.68. The average molecular weight is 221 g/mol. The molecule has 0 aromatic rings. The van der Waals surface area contributed by atoms with Crippen LogP contribution in [0.2, 0.25) is 19.1 Å². The van der Waals surface area contributed by atoms with E-state index in [1.165, 1.54) is 19.3 Å². The molecule has 0 saturated heterocycles. The van der Waals surface area contributed by atoms with Gasteiger partial charge in [0.1, 0.15) is 0 Å². The lowest BCUT2D eigenvalue weighted by Crippen LogP contribution is -2.06. The lowest BCUT2D eigenvalue weighted by atomic mass is 10.1. The molecular formula is C8H17BrSi. The van der Waals surface area contributed by atoms with Crippen molar-refractivity contribution in [2.24, 2.45) is 5.92 Å². The van der Waals surface area contributed by atoms with E-state index in [-0.39, 0.29) is 8.80 Å². The first-order chi connectivity index (χ1) is 4.68. The molecule has 0 nitrogen and oxygen atoms in total. The van der Waals surface area contributed by atoms with Gasteiger partial charge in [-0.2, -0.15) is 0 Å². The third-order valence-corrected chi connectivity index (χ3v) is 4.72. The van der Waals surface area contributed by atoms with Crippen molar-refractivity contribution in [3.63, 3.8) is 0 Å². The highest BCUT2D eigenvalue weighted by atomic mass is 79.9. The summed E-state index contributed by atoms with van der Waals surface area (Å²) in [4.78, 5) is 0.852. The van der Waals surface area contributed by atoms with Gasteiger partial charge in [0.25, 0.3) is 0 Å². The highest BCUT2D eigenvalue weighted by Gasteiger charge is 2.22. The molecule has 1 aliphatic carbocycles. The van der Waals surface area contributed by atoms with E-state index in [1.807, 2.05) is 0 Å². The molecule has 1 aliphatic rings. The van der Waals surface area contributed by atoms with Gasteiger partial charge in [-0.05, 0) is 25.2 Å². The van der Waals surface area contributed by atoms with Crippen LogP contribution in [0.15, 0.2) is 0 Å². The molecule has 0 bridgehead atoms. The molecule has 0 aromatic heterocycles. The summed E-state index contributed by atoms with van der Waals surface area (Å²) < 4.78 is 0. The molecule has 0 heterocycles. The van der Waals surface area contributed by atoms with E-state index in [0.29, 0.717) is 0 Å². The first kappa shape index (κ1) is 8.79. The van der Waals surface area contributed by atoms with Crippen LogP contribution in [0, 0.1) is 5.92 Å². The Labute approximate surface area is 74.1 Å². The van der Waals surface area contributed by atoms with Gasteiger partial charge >= 0.3 is 0 Å². The SMILES string of the molecule is C[SiH](C)CC1CCC(Br)C1. The minimum absolute atomic E-state index is 0.272. The van der Waals surface area contributed by atoms with E-state index in [4.69, 9.17) is 0 Å². The molecule has 2 unspecified atom stereocenters. The zero-order chi connectivity index (χ0) is 7.56. The molecule has 0 aromatic carbocycles. The molecule has 0 radical (unpaired) electrons. The van der Waals surface area contributed by atoms with Crippen molar-refractivity contribution in [1.82, 2.24) is 0 Å². The summed E-state index contributed by atoms with van der Waals surface area (Å²) in [7, 11) is -0.272. The topological polar surface area (TPSA) is 0 Å². The monoisotopic (exact) mass is 220 g/mol. The fourth-order valence-electron chi connectivity index (χ4n) is 1.89. The number of rotatable bonds is 2. The van der Waals surface area contributed by atoms with Crippen LogP contribution >= 0.6 is 15.9 Å². The summed E-state index contributed by atoms with van der Waals surface area (Å²) >= 11 is 3.68. The van der Waals surface area contributed by atoms with Crippen LogP contribution in [-0.4, -0.2) is 13.6 Å². The van der Waals surface area contributed by atoms with Gasteiger partial charge < -0.3 is 0 Å². The number of halogens is 1. The van der Waals surface area contributed by atoms with Crippen LogP contribution in [0.25, 0.3) is 0 Å². The standard InChI is InChI=1S/C8H17BrSi/c1-10(2)6-7-3-4-8(9)5-7/h7-8,10H,3-6H2,1-2H3. The summed E-state index contributed by atoms with van der Waals surface area (Å²) in [6, 6.07) is 1.57. The molecular weight excluding hydrogens is 204 g/mol. The summed E-state index contributed by atoms with van der Waals surface area (Å²) in [5, 5.41) is 0. The first-order valence-corrected chi connectivity index (χ1v) is 8.36. The largest absolute Gasteiger partial charge is 0.0891 e. The van der Waals surface area contributed by atoms with Gasteiger partial charge in [-0.1, -0.05) is 35.1 Å². The Morgan fingerprint density at radius 3 is 2.50 bits per heavy atom. The molecule has 0 aliphatic heterocycles. The maximum atomic E-state index is 3.68. The van der Waals surface area contributed by atoms with Crippen LogP contribution in [0.4, 0.5) is 0 Å². The number of hydrogen-bond acceptors (Lipinski definition) is 0. The molecule has 0 spiro atoms. The fourth-order valence-corrected chi connectivity index (χ4v) is 4.45. The zero-order valence-corrected chi connectivity index (χ0v) is 9.68. The summed E-state index contributed by atoms with van der Waals surface area (Å²) in [6.07, 6.45) is 4.36. The molecule has 0 N–H and O–H groups in total. The van der Waals surface area contributed by atoms with Crippen molar-refractivity contribution in [3.05, 3.63) is 0 Å². The van der Waals surface area contributed by atoms with Crippen LogP contribution in [0.5, 0.6) is 0 Å². The Bertz CT molecular complexity index is 103. The van der Waals surface area contributed by atoms with Crippen molar-refractivity contribution in [3.8, 4) is 0 Å². The Balaban J connectivity index is 2.18. The smallest absolute Gasteiger partial charge is 0.0308 e. The van der Waals surface area contributed by atoms with Crippen molar-refractivity contribution < 1.29 is 0 Å². The van der Waals surface area contributed by atoms with E-state index < -0.39 is 0 Å². The summed E-state index contributed by atoms with van der Waals surface area (Å²) in [6.45, 7) is 4.92. The van der Waals surface area contributed by atoms with Gasteiger partial charge in [-0.3, -0.25) is 0 Å². The molecule has 2 atom stereocenters. The fraction of sp³-hybridized carbons (Fsp3) is 1.00. The second-order valence-corrected chi connectivity index (χ2v) is 8.46. The predicted octanol–water partition coefficient (Wildman–Crippen LogP) is 3.04. The number of hydrogen-bond donors (Lipinski definition) is 0. The Morgan fingerprint density at radius 1 is 1.40 bits per heavy atom. The summed E-state index contributed by atoms with van der Waals surface area (Å²) in [5.74, 6) is 1.08. The third-order valence-electron chi connectivity index (χ3n) is 2.28. The molecule has 10 heavy (non-hydrogen) atoms. The van der Waals surface area contributed by atoms with Crippen molar-refractivity contribution in [2.45, 2.75) is 43.2 Å². The normalized spacial score (nSPS) is 33.6. The first-order valence-electron chi connectivity index (χ1n) is 4.32. The maximum Gasteiger partial charge on any atom is 0.0308 e. The van der Waals surface area contributed by atoms with Crippen molar-refractivity contribution in [1.29, 1.82) is 0 Å². The van der Waals surface area contributed by atoms with Crippen LogP contribution < -0.4 is 0 Å². The van der Waals surface area contributed by atoms with Crippen LogP contribution in [-0.2, 0) is 0 Å². The highest BCUT2D eigenvalue weighted by Crippen LogP contribution is 2.33. The van der Waals surface area contributed by atoms with E-state index in [0.717, 1.165) is 10.7 Å². The Morgan fingerprint density at radius 2 is 2.10 bits per heavy atom. The minimum Gasteiger partial charge on any atom is -0.0891 e. The lowest BCUT2D eigenvalue weighted by Gasteiger charge is -2.09. The van der Waals surface area contributed by atoms with Gasteiger partial charge in [0.05, 0.1) is 0 Å². The Kier molecular flexibility index (Phi) is 3.44. The Hall–Kier alpha value is 0.697. The molecule has 1 fully saturated rings. The molecule has 60 valence electrons. The minimum atomic E-state index is -0.272. The lowest BCUT2D eigenvalue weighted by molar-refractivity contribution is 0.608. The second kappa shape index (κ2) is 3.91. The van der Waals surface area contributed by atoms with E-state index >= 15 is 0 Å². The molecule has 1 rings (SSSR count). The van der Waals surface area contributed by atoms with E-state index in [1.54, 1.807) is 6.04 Å².